The van der Waals surface area contributed by atoms with Crippen LogP contribution in [0.15, 0.2) is 36.7 Å². The van der Waals surface area contributed by atoms with Crippen molar-refractivity contribution < 1.29 is 13.2 Å². The van der Waals surface area contributed by atoms with Gasteiger partial charge in [-0.15, -0.1) is 0 Å². The van der Waals surface area contributed by atoms with Gasteiger partial charge in [-0.05, 0) is 19.1 Å². The molecule has 0 saturated heterocycles. The van der Waals surface area contributed by atoms with Crippen LogP contribution in [-0.4, -0.2) is 48.0 Å². The zero-order valence-electron chi connectivity index (χ0n) is 13.6. The molecule has 1 aromatic carbocycles. The molecule has 1 aliphatic heterocycles. The molecule has 0 aliphatic carbocycles. The van der Waals surface area contributed by atoms with Gasteiger partial charge in [-0.25, -0.2) is 13.4 Å². The summed E-state index contributed by atoms with van der Waals surface area (Å²) < 4.78 is 25.7. The molecular weight excluding hydrogens is 328 g/mol. The Bertz CT molecular complexity index is 832. The van der Waals surface area contributed by atoms with Crippen LogP contribution in [-0.2, 0) is 27.8 Å². The highest BCUT2D eigenvalue weighted by Gasteiger charge is 2.33. The fourth-order valence-electron chi connectivity index (χ4n) is 3.04. The number of nitrogens with one attached hydrogen (secondary N) is 1. The quantitative estimate of drug-likeness (QED) is 0.898. The predicted molar refractivity (Wildman–Crippen MR) is 90.9 cm³/mol. The van der Waals surface area contributed by atoms with Gasteiger partial charge in [0.2, 0.25) is 15.9 Å². The monoisotopic (exact) mass is 348 g/mol. The SMILES string of the molecule is C[C@H](C(=O)N1CCc2nc[nH]c2C1)N(c1ccccc1)S(C)(=O)=O. The average Bonchev–Trinajstić information content (AvgIpc) is 3.01. The van der Waals surface area contributed by atoms with Crippen LogP contribution in [0, 0.1) is 0 Å². The lowest BCUT2D eigenvalue weighted by Crippen LogP contribution is -2.50. The number of hydrogen-bond acceptors (Lipinski definition) is 4. The predicted octanol–water partition coefficient (Wildman–Crippen LogP) is 1.15. The van der Waals surface area contributed by atoms with Crippen molar-refractivity contribution in [1.82, 2.24) is 14.9 Å². The van der Waals surface area contributed by atoms with Crippen molar-refractivity contribution in [3.8, 4) is 0 Å². The number of sulfonamides is 1. The number of rotatable bonds is 4. The molecule has 1 aliphatic rings. The third kappa shape index (κ3) is 3.14. The van der Waals surface area contributed by atoms with Gasteiger partial charge >= 0.3 is 0 Å². The second kappa shape index (κ2) is 6.27. The number of aromatic nitrogens is 2. The molecule has 0 bridgehead atoms. The molecule has 1 N–H and O–H groups in total. The highest BCUT2D eigenvalue weighted by molar-refractivity contribution is 7.92. The van der Waals surface area contributed by atoms with Gasteiger partial charge in [-0.2, -0.15) is 0 Å². The number of hydrogen-bond donors (Lipinski definition) is 1. The van der Waals surface area contributed by atoms with E-state index < -0.39 is 16.1 Å². The smallest absolute Gasteiger partial charge is 0.246 e. The molecule has 0 fully saturated rings. The number of anilines is 1. The third-order valence-electron chi connectivity index (χ3n) is 4.16. The van der Waals surface area contributed by atoms with Crippen LogP contribution in [0.2, 0.25) is 0 Å². The maximum Gasteiger partial charge on any atom is 0.246 e. The first-order valence-corrected chi connectivity index (χ1v) is 9.57. The van der Waals surface area contributed by atoms with Crippen molar-refractivity contribution >= 4 is 21.6 Å². The average molecular weight is 348 g/mol. The Morgan fingerprint density at radius 1 is 1.33 bits per heavy atom. The molecule has 1 atom stereocenters. The minimum absolute atomic E-state index is 0.218. The molecule has 1 amide bonds. The first kappa shape index (κ1) is 16.5. The molecule has 0 saturated carbocycles. The molecule has 2 heterocycles. The van der Waals surface area contributed by atoms with E-state index in [4.69, 9.17) is 0 Å². The van der Waals surface area contributed by atoms with Gasteiger partial charge < -0.3 is 9.88 Å². The van der Waals surface area contributed by atoms with E-state index in [9.17, 15) is 13.2 Å². The second-order valence-corrected chi connectivity index (χ2v) is 7.77. The number of fused-ring (bicyclic) bond motifs is 1. The van der Waals surface area contributed by atoms with Gasteiger partial charge in [-0.3, -0.25) is 9.10 Å². The molecule has 0 spiro atoms. The Kier molecular flexibility index (Phi) is 4.31. The Balaban J connectivity index is 1.85. The Morgan fingerprint density at radius 2 is 2.04 bits per heavy atom. The van der Waals surface area contributed by atoms with Gasteiger partial charge in [-0.1, -0.05) is 18.2 Å². The second-order valence-electron chi connectivity index (χ2n) is 5.91. The van der Waals surface area contributed by atoms with E-state index in [0.29, 0.717) is 25.2 Å². The van der Waals surface area contributed by atoms with Crippen LogP contribution in [0.25, 0.3) is 0 Å². The highest BCUT2D eigenvalue weighted by atomic mass is 32.2. The van der Waals surface area contributed by atoms with Crippen LogP contribution in [0.3, 0.4) is 0 Å². The maximum atomic E-state index is 12.9. The lowest BCUT2D eigenvalue weighted by molar-refractivity contribution is -0.133. The number of para-hydroxylation sites is 1. The summed E-state index contributed by atoms with van der Waals surface area (Å²) in [6.45, 7) is 2.58. The van der Waals surface area contributed by atoms with Gasteiger partial charge in [0.1, 0.15) is 6.04 Å². The summed E-state index contributed by atoms with van der Waals surface area (Å²) >= 11 is 0. The van der Waals surface area contributed by atoms with E-state index in [0.717, 1.165) is 17.6 Å². The van der Waals surface area contributed by atoms with Gasteiger partial charge in [0.25, 0.3) is 0 Å². The van der Waals surface area contributed by atoms with Crippen molar-refractivity contribution in [3.63, 3.8) is 0 Å². The van der Waals surface area contributed by atoms with E-state index in [1.54, 1.807) is 48.5 Å². The Hall–Kier alpha value is -2.35. The molecule has 0 radical (unpaired) electrons. The fourth-order valence-corrected chi connectivity index (χ4v) is 4.21. The number of carbonyl (C=O) groups excluding carboxylic acids is 1. The number of imidazole rings is 1. The summed E-state index contributed by atoms with van der Waals surface area (Å²) in [6, 6.07) is 7.88. The molecule has 24 heavy (non-hydrogen) atoms. The molecule has 7 nitrogen and oxygen atoms in total. The van der Waals surface area contributed by atoms with Gasteiger partial charge in [0, 0.05) is 13.0 Å². The zero-order valence-corrected chi connectivity index (χ0v) is 14.5. The van der Waals surface area contributed by atoms with Crippen molar-refractivity contribution in [2.75, 3.05) is 17.1 Å². The zero-order chi connectivity index (χ0) is 17.3. The van der Waals surface area contributed by atoms with Crippen LogP contribution < -0.4 is 4.31 Å². The number of amides is 1. The van der Waals surface area contributed by atoms with Crippen molar-refractivity contribution in [1.29, 1.82) is 0 Å². The van der Waals surface area contributed by atoms with E-state index in [2.05, 4.69) is 9.97 Å². The summed E-state index contributed by atoms with van der Waals surface area (Å²) in [4.78, 5) is 21.8. The van der Waals surface area contributed by atoms with Crippen molar-refractivity contribution in [2.45, 2.75) is 25.9 Å². The topological polar surface area (TPSA) is 86.4 Å². The number of nitrogens with zero attached hydrogens (tertiary/aromatic N) is 3. The number of carbonyl (C=O) groups is 1. The number of H-pyrrole nitrogens is 1. The largest absolute Gasteiger partial charge is 0.347 e. The molecule has 0 unspecified atom stereocenters. The normalized spacial score (nSPS) is 15.7. The lowest BCUT2D eigenvalue weighted by atomic mass is 10.1. The standard InChI is InChI=1S/C16H20N4O3S/c1-12(20(24(2,22)23)13-6-4-3-5-7-13)16(21)19-9-8-14-15(10-19)18-11-17-14/h3-7,11-12H,8-10H2,1-2H3,(H,17,18)/t12-/m1/s1. The minimum atomic E-state index is -3.58. The summed E-state index contributed by atoms with van der Waals surface area (Å²) in [5, 5.41) is 0. The van der Waals surface area contributed by atoms with E-state index in [1.165, 1.54) is 4.31 Å². The maximum absolute atomic E-state index is 12.9. The Morgan fingerprint density at radius 3 is 2.71 bits per heavy atom. The third-order valence-corrected chi connectivity index (χ3v) is 5.41. The molecule has 3 rings (SSSR count). The minimum Gasteiger partial charge on any atom is -0.347 e. The molecule has 8 heteroatoms. The number of benzene rings is 1. The molecule has 1 aromatic heterocycles. The fraction of sp³-hybridized carbons (Fsp3) is 0.375. The molecular formula is C16H20N4O3S. The first-order chi connectivity index (χ1) is 11.4. The first-order valence-electron chi connectivity index (χ1n) is 7.72. The summed E-state index contributed by atoms with van der Waals surface area (Å²) in [5.74, 6) is -0.218. The van der Waals surface area contributed by atoms with Crippen molar-refractivity contribution in [3.05, 3.63) is 48.0 Å². The molecule has 128 valence electrons. The van der Waals surface area contributed by atoms with E-state index in [1.807, 2.05) is 0 Å². The molecule has 2 aromatic rings. The lowest BCUT2D eigenvalue weighted by Gasteiger charge is -2.34. The summed E-state index contributed by atoms with van der Waals surface area (Å²) in [7, 11) is -3.58. The van der Waals surface area contributed by atoms with Crippen molar-refractivity contribution in [2.24, 2.45) is 0 Å². The van der Waals surface area contributed by atoms with Gasteiger partial charge in [0.15, 0.2) is 0 Å². The summed E-state index contributed by atoms with van der Waals surface area (Å²) in [6.07, 6.45) is 3.41. The van der Waals surface area contributed by atoms with E-state index >= 15 is 0 Å². The van der Waals surface area contributed by atoms with E-state index in [-0.39, 0.29) is 5.91 Å². The van der Waals surface area contributed by atoms with Crippen LogP contribution in [0.5, 0.6) is 0 Å². The summed E-state index contributed by atoms with van der Waals surface area (Å²) in [5.41, 5.74) is 2.36. The van der Waals surface area contributed by atoms with Crippen LogP contribution in [0.4, 0.5) is 5.69 Å². The number of aromatic amines is 1. The highest BCUT2D eigenvalue weighted by Crippen LogP contribution is 2.23. The van der Waals surface area contributed by atoms with Crippen LogP contribution >= 0.6 is 0 Å². The van der Waals surface area contributed by atoms with Crippen LogP contribution in [0.1, 0.15) is 18.3 Å². The Labute approximate surface area is 141 Å². The van der Waals surface area contributed by atoms with Gasteiger partial charge in [0.05, 0.1) is 36.2 Å².